The van der Waals surface area contributed by atoms with E-state index < -0.39 is 9.84 Å². The standard InChI is InChI=1S/C19H21ClN6O3S/c1-3-30(28,29)14-7-6-13(21-10-14)9-22-18-19(27)26(11(2)12-4-5-12)15-8-16(20)24-25-17(15)23-18/h6-8,10-12H,3-5,9H2,1-2H3,(H,22,23,25)/t11-/m0/s1. The van der Waals surface area contributed by atoms with Gasteiger partial charge in [0.15, 0.2) is 20.8 Å². The molecule has 0 radical (unpaired) electrons. The Morgan fingerprint density at radius 1 is 1.30 bits per heavy atom. The number of nitrogens with one attached hydrogen (secondary N) is 1. The first kappa shape index (κ1) is 20.7. The van der Waals surface area contributed by atoms with Crippen LogP contribution in [-0.2, 0) is 16.4 Å². The van der Waals surface area contributed by atoms with E-state index in [1.807, 2.05) is 6.92 Å². The Morgan fingerprint density at radius 2 is 2.07 bits per heavy atom. The highest BCUT2D eigenvalue weighted by atomic mass is 35.5. The zero-order valence-corrected chi connectivity index (χ0v) is 18.1. The molecule has 1 aliphatic carbocycles. The number of fused-ring (bicyclic) bond motifs is 1. The maximum absolute atomic E-state index is 13.2. The van der Waals surface area contributed by atoms with Crippen LogP contribution in [0.15, 0.2) is 34.1 Å². The first-order valence-corrected chi connectivity index (χ1v) is 11.7. The largest absolute Gasteiger partial charge is 0.360 e. The lowest BCUT2D eigenvalue weighted by Gasteiger charge is -2.18. The van der Waals surface area contributed by atoms with Crippen LogP contribution in [0.4, 0.5) is 5.82 Å². The van der Waals surface area contributed by atoms with E-state index in [0.29, 0.717) is 22.8 Å². The molecule has 0 bridgehead atoms. The monoisotopic (exact) mass is 448 g/mol. The number of anilines is 1. The Kier molecular flexibility index (Phi) is 5.46. The van der Waals surface area contributed by atoms with Crippen molar-refractivity contribution in [3.05, 3.63) is 45.6 Å². The van der Waals surface area contributed by atoms with E-state index in [4.69, 9.17) is 11.6 Å². The van der Waals surface area contributed by atoms with Gasteiger partial charge in [0.2, 0.25) is 5.65 Å². The van der Waals surface area contributed by atoms with Crippen LogP contribution in [0.2, 0.25) is 5.15 Å². The molecule has 0 unspecified atom stereocenters. The predicted molar refractivity (Wildman–Crippen MR) is 113 cm³/mol. The third kappa shape index (κ3) is 4.01. The van der Waals surface area contributed by atoms with Crippen LogP contribution in [0, 0.1) is 5.92 Å². The summed E-state index contributed by atoms with van der Waals surface area (Å²) in [5.74, 6) is 0.582. The Bertz CT molecular complexity index is 1260. The maximum Gasteiger partial charge on any atom is 0.294 e. The molecule has 4 rings (SSSR count). The molecule has 30 heavy (non-hydrogen) atoms. The zero-order valence-electron chi connectivity index (χ0n) is 16.5. The van der Waals surface area contributed by atoms with Crippen molar-refractivity contribution >= 4 is 38.4 Å². The average Bonchev–Trinajstić information content (AvgIpc) is 3.58. The Morgan fingerprint density at radius 3 is 2.70 bits per heavy atom. The fraction of sp³-hybridized carbons (Fsp3) is 0.421. The van der Waals surface area contributed by atoms with Gasteiger partial charge in [0.1, 0.15) is 0 Å². The lowest BCUT2D eigenvalue weighted by Crippen LogP contribution is -2.29. The minimum Gasteiger partial charge on any atom is -0.360 e. The summed E-state index contributed by atoms with van der Waals surface area (Å²) in [5, 5.41) is 11.1. The van der Waals surface area contributed by atoms with Crippen LogP contribution in [-0.4, -0.2) is 38.9 Å². The number of hydrogen-bond donors (Lipinski definition) is 1. The summed E-state index contributed by atoms with van der Waals surface area (Å²) in [4.78, 5) is 21.8. The van der Waals surface area contributed by atoms with Gasteiger partial charge in [0.25, 0.3) is 5.56 Å². The van der Waals surface area contributed by atoms with E-state index >= 15 is 0 Å². The summed E-state index contributed by atoms with van der Waals surface area (Å²) >= 11 is 6.00. The third-order valence-electron chi connectivity index (χ3n) is 5.31. The number of pyridine rings is 1. The number of rotatable bonds is 7. The van der Waals surface area contributed by atoms with Crippen LogP contribution in [0.3, 0.4) is 0 Å². The molecule has 9 nitrogen and oxygen atoms in total. The first-order valence-electron chi connectivity index (χ1n) is 9.67. The van der Waals surface area contributed by atoms with Crippen molar-refractivity contribution in [2.24, 2.45) is 5.92 Å². The SMILES string of the molecule is CCS(=O)(=O)c1ccc(CNc2nc3nnc(Cl)cc3n([C@@H](C)C3CC3)c2=O)nc1. The zero-order chi connectivity index (χ0) is 21.5. The molecule has 1 aliphatic rings. The van der Waals surface area contributed by atoms with Crippen molar-refractivity contribution in [1.82, 2.24) is 24.7 Å². The highest BCUT2D eigenvalue weighted by Gasteiger charge is 2.31. The normalized spacial score (nSPS) is 15.3. The summed E-state index contributed by atoms with van der Waals surface area (Å²) < 4.78 is 25.5. The minimum atomic E-state index is -3.31. The summed E-state index contributed by atoms with van der Waals surface area (Å²) in [7, 11) is -3.31. The van der Waals surface area contributed by atoms with Gasteiger partial charge < -0.3 is 5.32 Å². The van der Waals surface area contributed by atoms with Crippen LogP contribution in [0.5, 0.6) is 0 Å². The van der Waals surface area contributed by atoms with Gasteiger partial charge in [-0.05, 0) is 37.8 Å². The van der Waals surface area contributed by atoms with Crippen LogP contribution in [0.1, 0.15) is 38.4 Å². The Labute approximate surface area is 178 Å². The lowest BCUT2D eigenvalue weighted by molar-refractivity contribution is 0.485. The van der Waals surface area contributed by atoms with Crippen molar-refractivity contribution in [2.45, 2.75) is 44.2 Å². The number of halogens is 1. The molecule has 3 aromatic rings. The molecular formula is C19H21ClN6O3S. The minimum absolute atomic E-state index is 0.0110. The molecule has 158 valence electrons. The van der Waals surface area contributed by atoms with E-state index in [1.165, 1.54) is 12.3 Å². The van der Waals surface area contributed by atoms with Gasteiger partial charge in [-0.2, -0.15) is 0 Å². The molecular weight excluding hydrogens is 428 g/mol. The molecule has 11 heteroatoms. The molecule has 0 spiro atoms. The van der Waals surface area contributed by atoms with E-state index in [1.54, 1.807) is 23.6 Å². The number of hydrogen-bond acceptors (Lipinski definition) is 8. The smallest absolute Gasteiger partial charge is 0.294 e. The number of nitrogens with zero attached hydrogens (tertiary/aromatic N) is 5. The van der Waals surface area contributed by atoms with Gasteiger partial charge in [0, 0.05) is 18.3 Å². The van der Waals surface area contributed by atoms with Gasteiger partial charge >= 0.3 is 0 Å². The summed E-state index contributed by atoms with van der Waals surface area (Å²) in [5.41, 5.74) is 1.19. The lowest BCUT2D eigenvalue weighted by atomic mass is 10.2. The molecule has 0 aliphatic heterocycles. The molecule has 3 aromatic heterocycles. The van der Waals surface area contributed by atoms with E-state index in [2.05, 4.69) is 25.5 Å². The van der Waals surface area contributed by atoms with Crippen molar-refractivity contribution in [3.63, 3.8) is 0 Å². The summed E-state index contributed by atoms with van der Waals surface area (Å²) in [6.45, 7) is 3.80. The summed E-state index contributed by atoms with van der Waals surface area (Å²) in [6, 6.07) is 4.72. The topological polar surface area (TPSA) is 120 Å². The van der Waals surface area contributed by atoms with Crippen molar-refractivity contribution in [1.29, 1.82) is 0 Å². The van der Waals surface area contributed by atoms with Crippen molar-refractivity contribution in [3.8, 4) is 0 Å². The summed E-state index contributed by atoms with van der Waals surface area (Å²) in [6.07, 6.45) is 3.47. The third-order valence-corrected chi connectivity index (χ3v) is 7.21. The van der Waals surface area contributed by atoms with Gasteiger partial charge in [-0.25, -0.2) is 13.4 Å². The highest BCUT2D eigenvalue weighted by Crippen LogP contribution is 2.39. The van der Waals surface area contributed by atoms with E-state index in [0.717, 1.165) is 12.8 Å². The molecule has 0 amide bonds. The number of aromatic nitrogens is 5. The van der Waals surface area contributed by atoms with Crippen LogP contribution in [0.25, 0.3) is 11.2 Å². The molecule has 1 N–H and O–H groups in total. The molecule has 1 atom stereocenters. The molecule has 1 saturated carbocycles. The second kappa shape index (κ2) is 7.92. The van der Waals surface area contributed by atoms with Gasteiger partial charge in [0.05, 0.1) is 28.4 Å². The molecule has 0 saturated heterocycles. The van der Waals surface area contributed by atoms with Gasteiger partial charge in [-0.15, -0.1) is 10.2 Å². The highest BCUT2D eigenvalue weighted by molar-refractivity contribution is 7.91. The fourth-order valence-electron chi connectivity index (χ4n) is 3.34. The average molecular weight is 449 g/mol. The van der Waals surface area contributed by atoms with E-state index in [-0.39, 0.29) is 39.8 Å². The molecule has 3 heterocycles. The Balaban J connectivity index is 1.65. The fourth-order valence-corrected chi connectivity index (χ4v) is 4.30. The van der Waals surface area contributed by atoms with Crippen LogP contribution >= 0.6 is 11.6 Å². The van der Waals surface area contributed by atoms with Crippen molar-refractivity contribution < 1.29 is 8.42 Å². The quantitative estimate of drug-likeness (QED) is 0.585. The number of sulfone groups is 1. The second-order valence-corrected chi connectivity index (χ2v) is 10.00. The van der Waals surface area contributed by atoms with Gasteiger partial charge in [-0.1, -0.05) is 18.5 Å². The van der Waals surface area contributed by atoms with Crippen LogP contribution < -0.4 is 10.9 Å². The van der Waals surface area contributed by atoms with E-state index in [9.17, 15) is 13.2 Å². The van der Waals surface area contributed by atoms with Crippen molar-refractivity contribution in [2.75, 3.05) is 11.1 Å². The second-order valence-electron chi connectivity index (χ2n) is 7.33. The Hall–Kier alpha value is -2.59. The first-order chi connectivity index (χ1) is 14.3. The molecule has 0 aromatic carbocycles. The van der Waals surface area contributed by atoms with Gasteiger partial charge in [-0.3, -0.25) is 14.3 Å². The maximum atomic E-state index is 13.2. The molecule has 1 fully saturated rings. The predicted octanol–water partition coefficient (Wildman–Crippen LogP) is 2.61.